The smallest absolute Gasteiger partial charge is 0.410 e. The topological polar surface area (TPSA) is 99.9 Å². The van der Waals surface area contributed by atoms with Crippen LogP contribution in [0.4, 0.5) is 16.2 Å². The van der Waals surface area contributed by atoms with Crippen LogP contribution in [0.25, 0.3) is 0 Å². The average molecular weight is 378 g/mol. The third-order valence-electron chi connectivity index (χ3n) is 3.23. The number of nitrogens with one attached hydrogen (secondary N) is 1. The number of methoxy groups -OCH3 is 2. The Morgan fingerprint density at radius 1 is 1.19 bits per heavy atom. The minimum Gasteiger partial charge on any atom is -0.410 e. The van der Waals surface area contributed by atoms with Crippen LogP contribution in [0.5, 0.6) is 5.75 Å². The quantitative estimate of drug-likeness (QED) is 0.322. The summed E-state index contributed by atoms with van der Waals surface area (Å²) in [5, 5.41) is 13.2. The van der Waals surface area contributed by atoms with Gasteiger partial charge in [-0.2, -0.15) is 0 Å². The molecule has 0 aliphatic carbocycles. The van der Waals surface area contributed by atoms with Gasteiger partial charge in [-0.1, -0.05) is 12.1 Å². The van der Waals surface area contributed by atoms with Gasteiger partial charge >= 0.3 is 6.09 Å². The molecule has 1 amide bonds. The van der Waals surface area contributed by atoms with E-state index in [1.807, 2.05) is 6.07 Å². The van der Waals surface area contributed by atoms with E-state index in [0.29, 0.717) is 11.5 Å². The van der Waals surface area contributed by atoms with Crippen LogP contribution in [0.15, 0.2) is 53.4 Å². The molecule has 9 heteroatoms. The molecular weight excluding hydrogens is 360 g/mol. The molecule has 26 heavy (non-hydrogen) atoms. The fourth-order valence-electron chi connectivity index (χ4n) is 1.97. The Hall–Kier alpha value is -2.62. The fraction of sp³-hybridized carbons (Fsp3) is 0.235. The highest BCUT2D eigenvalue weighted by Crippen LogP contribution is 2.25. The van der Waals surface area contributed by atoms with Gasteiger partial charge in [-0.25, -0.2) is 4.79 Å². The maximum atomic E-state index is 12.0. The number of hydrogen-bond acceptors (Lipinski definition) is 7. The highest BCUT2D eigenvalue weighted by molar-refractivity contribution is 7.99. The first-order chi connectivity index (χ1) is 12.5. The van der Waals surface area contributed by atoms with Crippen molar-refractivity contribution in [1.82, 2.24) is 0 Å². The van der Waals surface area contributed by atoms with Crippen molar-refractivity contribution in [2.75, 3.05) is 25.3 Å². The van der Waals surface area contributed by atoms with Crippen molar-refractivity contribution in [3.63, 3.8) is 0 Å². The molecule has 0 bridgehead atoms. The number of nitro benzene ring substituents is 1. The summed E-state index contributed by atoms with van der Waals surface area (Å²) in [4.78, 5) is 23.1. The molecule has 2 aromatic rings. The highest BCUT2D eigenvalue weighted by atomic mass is 32.2. The Kier molecular flexibility index (Phi) is 7.39. The number of nitro groups is 1. The summed E-state index contributed by atoms with van der Waals surface area (Å²) in [6, 6.07) is 12.6. The molecule has 0 heterocycles. The number of ether oxygens (including phenoxy) is 3. The van der Waals surface area contributed by atoms with E-state index in [9.17, 15) is 14.9 Å². The SMILES string of the molecule is COC(CSc1cccc(OC(=O)Nc2cccc([N+](=O)[O-])c2)c1)OC. The lowest BCUT2D eigenvalue weighted by molar-refractivity contribution is -0.384. The average Bonchev–Trinajstić information content (AvgIpc) is 2.63. The summed E-state index contributed by atoms with van der Waals surface area (Å²) in [6.07, 6.45) is -1.07. The van der Waals surface area contributed by atoms with E-state index in [0.717, 1.165) is 4.90 Å². The molecule has 8 nitrogen and oxygen atoms in total. The predicted octanol–water partition coefficient (Wildman–Crippen LogP) is 3.92. The van der Waals surface area contributed by atoms with E-state index in [-0.39, 0.29) is 17.7 Å². The molecule has 0 aromatic heterocycles. The van der Waals surface area contributed by atoms with Crippen LogP contribution in [0.1, 0.15) is 0 Å². The zero-order valence-corrected chi connectivity index (χ0v) is 15.0. The molecule has 0 saturated carbocycles. The number of non-ortho nitro benzene ring substituents is 1. The predicted molar refractivity (Wildman–Crippen MR) is 97.7 cm³/mol. The molecule has 138 valence electrons. The highest BCUT2D eigenvalue weighted by Gasteiger charge is 2.11. The lowest BCUT2D eigenvalue weighted by atomic mass is 10.3. The monoisotopic (exact) mass is 378 g/mol. The van der Waals surface area contributed by atoms with E-state index in [4.69, 9.17) is 14.2 Å². The molecule has 0 fully saturated rings. The molecule has 1 N–H and O–H groups in total. The molecule has 0 radical (unpaired) electrons. The number of amides is 1. The van der Waals surface area contributed by atoms with Crippen LogP contribution < -0.4 is 10.1 Å². The molecule has 2 rings (SSSR count). The van der Waals surface area contributed by atoms with Gasteiger partial charge in [-0.15, -0.1) is 11.8 Å². The zero-order chi connectivity index (χ0) is 18.9. The van der Waals surface area contributed by atoms with E-state index in [1.165, 1.54) is 36.0 Å². The largest absolute Gasteiger partial charge is 0.417 e. The number of benzene rings is 2. The molecule has 2 aromatic carbocycles. The van der Waals surface area contributed by atoms with Crippen LogP contribution in [-0.4, -0.2) is 37.3 Å². The van der Waals surface area contributed by atoms with E-state index in [2.05, 4.69) is 5.32 Å². The Balaban J connectivity index is 1.95. The Bertz CT molecular complexity index is 766. The minimum atomic E-state index is -0.737. The van der Waals surface area contributed by atoms with E-state index in [1.54, 1.807) is 32.4 Å². The Morgan fingerprint density at radius 2 is 1.92 bits per heavy atom. The molecule has 0 spiro atoms. The first kappa shape index (κ1) is 19.7. The van der Waals surface area contributed by atoms with Crippen LogP contribution in [0.2, 0.25) is 0 Å². The van der Waals surface area contributed by atoms with Gasteiger partial charge in [0.15, 0.2) is 6.29 Å². The van der Waals surface area contributed by atoms with Crippen molar-refractivity contribution in [3.05, 3.63) is 58.6 Å². The maximum Gasteiger partial charge on any atom is 0.417 e. The molecule has 0 atom stereocenters. The van der Waals surface area contributed by atoms with Gasteiger partial charge in [0, 0.05) is 37.0 Å². The summed E-state index contributed by atoms with van der Waals surface area (Å²) in [5.41, 5.74) is 0.157. The van der Waals surface area contributed by atoms with Crippen LogP contribution >= 0.6 is 11.8 Å². The second kappa shape index (κ2) is 9.76. The van der Waals surface area contributed by atoms with Crippen LogP contribution in [0.3, 0.4) is 0 Å². The van der Waals surface area contributed by atoms with Gasteiger partial charge in [0.05, 0.1) is 10.6 Å². The van der Waals surface area contributed by atoms with Gasteiger partial charge in [0.1, 0.15) is 5.75 Å². The van der Waals surface area contributed by atoms with Crippen LogP contribution in [-0.2, 0) is 9.47 Å². The van der Waals surface area contributed by atoms with Gasteiger partial charge < -0.3 is 14.2 Å². The van der Waals surface area contributed by atoms with Gasteiger partial charge in [0.2, 0.25) is 0 Å². The zero-order valence-electron chi connectivity index (χ0n) is 14.2. The molecule has 0 aliphatic rings. The lowest BCUT2D eigenvalue weighted by Gasteiger charge is -2.13. The maximum absolute atomic E-state index is 12.0. The number of rotatable bonds is 8. The molecule has 0 saturated heterocycles. The van der Waals surface area contributed by atoms with E-state index < -0.39 is 11.0 Å². The third kappa shape index (κ3) is 6.03. The van der Waals surface area contributed by atoms with Crippen molar-refractivity contribution in [1.29, 1.82) is 0 Å². The molecular formula is C17H18N2O6S. The van der Waals surface area contributed by atoms with Crippen molar-refractivity contribution in [2.24, 2.45) is 0 Å². The summed E-state index contributed by atoms with van der Waals surface area (Å²) in [5.74, 6) is 0.931. The first-order valence-electron chi connectivity index (χ1n) is 7.53. The Labute approximate surface area is 154 Å². The summed E-state index contributed by atoms with van der Waals surface area (Å²) in [7, 11) is 3.12. The number of carbonyl (C=O) groups is 1. The number of thioether (sulfide) groups is 1. The number of nitrogens with zero attached hydrogens (tertiary/aromatic N) is 1. The minimum absolute atomic E-state index is 0.118. The van der Waals surface area contributed by atoms with Crippen molar-refractivity contribution >= 4 is 29.2 Å². The normalized spacial score (nSPS) is 10.6. The van der Waals surface area contributed by atoms with Crippen molar-refractivity contribution in [3.8, 4) is 5.75 Å². The molecule has 0 aliphatic heterocycles. The number of anilines is 1. The van der Waals surface area contributed by atoms with Gasteiger partial charge in [0.25, 0.3) is 5.69 Å². The summed E-state index contributed by atoms with van der Waals surface area (Å²) in [6.45, 7) is 0. The molecule has 0 unspecified atom stereocenters. The summed E-state index contributed by atoms with van der Waals surface area (Å²) >= 11 is 1.49. The van der Waals surface area contributed by atoms with Gasteiger partial charge in [-0.05, 0) is 24.3 Å². The Morgan fingerprint density at radius 3 is 2.62 bits per heavy atom. The first-order valence-corrected chi connectivity index (χ1v) is 8.52. The second-order valence-corrected chi connectivity index (χ2v) is 6.10. The van der Waals surface area contributed by atoms with Crippen LogP contribution in [0, 0.1) is 10.1 Å². The van der Waals surface area contributed by atoms with Gasteiger partial charge in [-0.3, -0.25) is 15.4 Å². The fourth-order valence-corrected chi connectivity index (χ4v) is 2.95. The second-order valence-electron chi connectivity index (χ2n) is 5.01. The third-order valence-corrected chi connectivity index (χ3v) is 4.26. The van der Waals surface area contributed by atoms with E-state index >= 15 is 0 Å². The van der Waals surface area contributed by atoms with Crippen molar-refractivity contribution < 1.29 is 23.9 Å². The lowest BCUT2D eigenvalue weighted by Crippen LogP contribution is -2.17. The summed E-state index contributed by atoms with van der Waals surface area (Å²) < 4.78 is 15.5. The standard InChI is InChI=1S/C17H18N2O6S/c1-23-16(24-2)11-26-15-8-4-7-14(10-15)25-17(20)18-12-5-3-6-13(9-12)19(21)22/h3-10,16H,11H2,1-2H3,(H,18,20). The number of carbonyl (C=O) groups excluding carboxylic acids is 1. The number of hydrogen-bond donors (Lipinski definition) is 1. The van der Waals surface area contributed by atoms with Crippen molar-refractivity contribution in [2.45, 2.75) is 11.2 Å².